The molecule has 6 rings (SSSR count). The second-order valence-corrected chi connectivity index (χ2v) is 16.1. The molecule has 2 N–H and O–H groups in total. The van der Waals surface area contributed by atoms with Crippen LogP contribution in [0, 0.1) is 11.8 Å². The van der Waals surface area contributed by atoms with Crippen LogP contribution in [0.25, 0.3) is 0 Å². The van der Waals surface area contributed by atoms with Crippen LogP contribution in [0.1, 0.15) is 63.3 Å². The molecule has 3 aliphatic heterocycles. The van der Waals surface area contributed by atoms with Crippen LogP contribution in [0.4, 0.5) is 11.4 Å². The van der Waals surface area contributed by atoms with Gasteiger partial charge >= 0.3 is 5.97 Å². The molecule has 57 heavy (non-hydrogen) atoms. The highest BCUT2D eigenvalue weighted by Crippen LogP contribution is 2.61. The third-order valence-electron chi connectivity index (χ3n) is 11.6. The number of esters is 1. The van der Waals surface area contributed by atoms with Gasteiger partial charge in [0, 0.05) is 42.3 Å². The van der Waals surface area contributed by atoms with Gasteiger partial charge in [-0.1, -0.05) is 88.7 Å². The molecule has 12 heteroatoms. The summed E-state index contributed by atoms with van der Waals surface area (Å²) in [5, 5.41) is 14.0. The number of anilines is 2. The summed E-state index contributed by atoms with van der Waals surface area (Å²) in [5.74, 6) is -3.97. The first-order valence-corrected chi connectivity index (χ1v) is 20.7. The van der Waals surface area contributed by atoms with E-state index in [9.17, 15) is 14.7 Å². The number of aliphatic hydroxyl groups is 1. The van der Waals surface area contributed by atoms with E-state index in [0.717, 1.165) is 18.8 Å². The van der Waals surface area contributed by atoms with Crippen molar-refractivity contribution >= 4 is 51.0 Å². The van der Waals surface area contributed by atoms with Crippen molar-refractivity contribution in [2.24, 2.45) is 11.8 Å². The lowest BCUT2D eigenvalue weighted by atomic mass is 9.70. The first kappa shape index (κ1) is 41.8. The number of benzene rings is 3. The molecule has 3 saturated heterocycles. The lowest BCUT2D eigenvalue weighted by Crippen LogP contribution is -2.57. The van der Waals surface area contributed by atoms with Crippen LogP contribution in [-0.2, 0) is 28.7 Å². The number of nitrogens with one attached hydrogen (secondary N) is 1. The van der Waals surface area contributed by atoms with E-state index in [2.05, 4.69) is 53.2 Å². The van der Waals surface area contributed by atoms with Gasteiger partial charge in [0.05, 0.1) is 36.6 Å². The summed E-state index contributed by atoms with van der Waals surface area (Å²) < 4.78 is 13.2. The van der Waals surface area contributed by atoms with Gasteiger partial charge in [-0.2, -0.15) is 0 Å². The van der Waals surface area contributed by atoms with Crippen LogP contribution in [-0.4, -0.2) is 88.6 Å². The predicted molar refractivity (Wildman–Crippen MR) is 224 cm³/mol. The number of rotatable bonds is 18. The van der Waals surface area contributed by atoms with Gasteiger partial charge in [-0.05, 0) is 69.0 Å². The monoisotopic (exact) mass is 840 g/mol. The van der Waals surface area contributed by atoms with E-state index in [-0.39, 0.29) is 25.3 Å². The quantitative estimate of drug-likeness (QED) is 0.0870. The lowest BCUT2D eigenvalue weighted by molar-refractivity contribution is -0.162. The second kappa shape index (κ2) is 18.2. The number of aliphatic hydroxyl groups excluding tert-OH is 1. The molecule has 3 aliphatic rings. The smallest absolute Gasteiger partial charge is 0.313 e. The highest BCUT2D eigenvalue weighted by molar-refractivity contribution is 9.09. The SMILES string of the molecule is C=CCCC(=O)N[C@@H](C)[C@H](OC(=O)[C@H]1[C@@H]2O[C@@]3(CC2Br)[C@@H]1C(=O)N([C@H](CO)c1ccccc1)[C@@H]3C(=O)N(CC=C)c1ccc(N(CC)CC)cc1)c1ccccc1. The molecule has 3 fully saturated rings. The zero-order chi connectivity index (χ0) is 40.9. The highest BCUT2D eigenvalue weighted by Gasteiger charge is 2.78. The summed E-state index contributed by atoms with van der Waals surface area (Å²) in [6, 6.07) is 23.2. The number of allylic oxidation sites excluding steroid dienone is 1. The van der Waals surface area contributed by atoms with Gasteiger partial charge in [0.2, 0.25) is 11.8 Å². The van der Waals surface area contributed by atoms with E-state index in [1.165, 1.54) is 4.90 Å². The molecule has 2 bridgehead atoms. The number of likely N-dealkylation sites (tertiary alicyclic amines) is 1. The zero-order valence-electron chi connectivity index (χ0n) is 32.8. The molecule has 1 spiro atoms. The number of hydrogen-bond acceptors (Lipinski definition) is 8. The maximum Gasteiger partial charge on any atom is 0.313 e. The third kappa shape index (κ3) is 8.04. The van der Waals surface area contributed by atoms with Crippen molar-refractivity contribution in [2.75, 3.05) is 36.0 Å². The van der Waals surface area contributed by atoms with E-state index in [0.29, 0.717) is 23.2 Å². The van der Waals surface area contributed by atoms with Gasteiger partial charge in [0.15, 0.2) is 0 Å². The standard InChI is InChI=1S/C45H53BrN4O7/c1-6-10-21-36(52)47-29(5)39(31-19-15-12-16-20-31)56-44(55)37-38-42(53)50(35(28-51)30-17-13-11-14-18-30)41(45(38)27-34(46)40(37)57-45)43(54)49(26-7-2)33-24-22-32(23-25-33)48(8-3)9-4/h6-7,11-20,22-25,29,34-35,37-41,51H,1-2,8-10,21,26-28H2,3-5H3,(H,47,52)/t29-,34?,35+,37+,38-,39-,40+,41+,45-/m0/s1. The predicted octanol–water partition coefficient (Wildman–Crippen LogP) is 6.29. The molecule has 0 saturated carbocycles. The van der Waals surface area contributed by atoms with Gasteiger partial charge in [-0.25, -0.2) is 0 Å². The fraction of sp³-hybridized carbons (Fsp3) is 0.422. The Balaban J connectivity index is 1.41. The van der Waals surface area contributed by atoms with Gasteiger partial charge < -0.3 is 34.6 Å². The topological polar surface area (TPSA) is 129 Å². The minimum absolute atomic E-state index is 0.139. The highest BCUT2D eigenvalue weighted by atomic mass is 79.9. The minimum atomic E-state index is -1.44. The van der Waals surface area contributed by atoms with Crippen molar-refractivity contribution in [1.82, 2.24) is 10.2 Å². The van der Waals surface area contributed by atoms with Crippen LogP contribution in [0.15, 0.2) is 110 Å². The van der Waals surface area contributed by atoms with Crippen molar-refractivity contribution in [3.8, 4) is 0 Å². The normalized spacial score (nSPS) is 24.9. The zero-order valence-corrected chi connectivity index (χ0v) is 34.4. The third-order valence-corrected chi connectivity index (χ3v) is 12.4. The van der Waals surface area contributed by atoms with Gasteiger partial charge in [-0.3, -0.25) is 19.2 Å². The molecule has 11 nitrogen and oxygen atoms in total. The molecule has 3 heterocycles. The fourth-order valence-electron chi connectivity index (χ4n) is 8.95. The summed E-state index contributed by atoms with van der Waals surface area (Å²) in [6.45, 7) is 14.9. The molecule has 0 aromatic heterocycles. The van der Waals surface area contributed by atoms with Gasteiger partial charge in [-0.15, -0.1) is 13.2 Å². The number of carbonyl (C=O) groups is 4. The summed E-state index contributed by atoms with van der Waals surface area (Å²) in [4.78, 5) is 62.9. The molecule has 0 radical (unpaired) electrons. The maximum atomic E-state index is 15.3. The number of nitrogens with zero attached hydrogens (tertiary/aromatic N) is 3. The van der Waals surface area contributed by atoms with Crippen molar-refractivity contribution in [1.29, 1.82) is 0 Å². The summed E-state index contributed by atoms with van der Waals surface area (Å²) in [5.41, 5.74) is 1.48. The second-order valence-electron chi connectivity index (χ2n) is 14.9. The Bertz CT molecular complexity index is 1910. The van der Waals surface area contributed by atoms with E-state index in [1.54, 1.807) is 36.1 Å². The van der Waals surface area contributed by atoms with Crippen molar-refractivity contribution in [3.63, 3.8) is 0 Å². The average molecular weight is 842 g/mol. The molecule has 3 aromatic rings. The number of alkyl halides is 1. The molecule has 302 valence electrons. The number of fused-ring (bicyclic) bond motifs is 1. The van der Waals surface area contributed by atoms with Gasteiger partial charge in [0.25, 0.3) is 5.91 Å². The first-order valence-electron chi connectivity index (χ1n) is 19.8. The fourth-order valence-corrected chi connectivity index (χ4v) is 9.90. The lowest BCUT2D eigenvalue weighted by Gasteiger charge is -2.39. The Hall–Kier alpha value is -4.78. The molecular weight excluding hydrogens is 788 g/mol. The molecule has 3 amide bonds. The molecule has 9 atom stereocenters. The van der Waals surface area contributed by atoms with Crippen LogP contribution < -0.4 is 15.1 Å². The van der Waals surface area contributed by atoms with Crippen LogP contribution >= 0.6 is 15.9 Å². The summed E-state index contributed by atoms with van der Waals surface area (Å²) in [7, 11) is 0. The Labute approximate surface area is 343 Å². The Morgan fingerprint density at radius 3 is 2.18 bits per heavy atom. The van der Waals surface area contributed by atoms with Gasteiger partial charge in [0.1, 0.15) is 17.7 Å². The molecule has 1 unspecified atom stereocenters. The van der Waals surface area contributed by atoms with E-state index in [4.69, 9.17) is 9.47 Å². The largest absolute Gasteiger partial charge is 0.455 e. The minimum Gasteiger partial charge on any atom is -0.455 e. The summed E-state index contributed by atoms with van der Waals surface area (Å²) >= 11 is 3.77. The molecular formula is C45H53BrN4O7. The number of ether oxygens (including phenoxy) is 2. The summed E-state index contributed by atoms with van der Waals surface area (Å²) in [6.07, 6.45) is 2.61. The van der Waals surface area contributed by atoms with Crippen molar-refractivity contribution in [3.05, 3.63) is 121 Å². The molecule has 0 aliphatic carbocycles. The van der Waals surface area contributed by atoms with Crippen molar-refractivity contribution < 1.29 is 33.8 Å². The number of hydrogen-bond donors (Lipinski definition) is 2. The number of amides is 3. The Kier molecular flexibility index (Phi) is 13.4. The average Bonchev–Trinajstić information content (AvgIpc) is 3.82. The number of carbonyl (C=O) groups excluding carboxylic acids is 4. The Morgan fingerprint density at radius 1 is 0.982 bits per heavy atom. The Morgan fingerprint density at radius 2 is 1.60 bits per heavy atom. The van der Waals surface area contributed by atoms with Crippen LogP contribution in [0.5, 0.6) is 0 Å². The van der Waals surface area contributed by atoms with E-state index in [1.807, 2.05) is 72.8 Å². The first-order chi connectivity index (χ1) is 27.5. The van der Waals surface area contributed by atoms with Crippen LogP contribution in [0.2, 0.25) is 0 Å². The van der Waals surface area contributed by atoms with E-state index < -0.39 is 77.0 Å². The van der Waals surface area contributed by atoms with E-state index >= 15 is 9.59 Å². The molecule has 3 aromatic carbocycles. The van der Waals surface area contributed by atoms with Crippen LogP contribution in [0.3, 0.4) is 0 Å². The number of halogens is 1. The maximum absolute atomic E-state index is 15.3. The van der Waals surface area contributed by atoms with Crippen molar-refractivity contribution in [2.45, 2.75) is 80.8 Å².